The number of carbonyl (C=O) groups is 3. The van der Waals surface area contributed by atoms with E-state index in [-0.39, 0.29) is 54.1 Å². The number of amides is 3. The molecule has 2 saturated heterocycles. The van der Waals surface area contributed by atoms with Crippen LogP contribution in [0.4, 0.5) is 10.1 Å². The highest BCUT2D eigenvalue weighted by Crippen LogP contribution is 2.32. The lowest BCUT2D eigenvalue weighted by Crippen LogP contribution is -2.52. The lowest BCUT2D eigenvalue weighted by atomic mass is 10.0. The SMILES string of the molecule is [2H]C([2H])(c1cccc(CNc2cccc3c2CN(C2([2H])C(=O)NC(=O)C([2H])([2H])C2([2H])[2H])C3=O)c1F)N1CC(C)OC(C)C1. The Morgan fingerprint density at radius 3 is 2.67 bits per heavy atom. The molecule has 36 heavy (non-hydrogen) atoms. The molecule has 3 aliphatic heterocycles. The average Bonchev–Trinajstić information content (AvgIpc) is 3.27. The zero-order chi connectivity index (χ0) is 31.7. The molecule has 2 N–H and O–H groups in total. The number of hydrogen-bond donors (Lipinski definition) is 2. The predicted octanol–water partition coefficient (Wildman–Crippen LogP) is 2.81. The molecule has 3 atom stereocenters. The van der Waals surface area contributed by atoms with Gasteiger partial charge in [-0.05, 0) is 32.4 Å². The number of imide groups is 1. The van der Waals surface area contributed by atoms with Crippen LogP contribution in [0.15, 0.2) is 36.4 Å². The summed E-state index contributed by atoms with van der Waals surface area (Å²) < 4.78 is 80.0. The van der Waals surface area contributed by atoms with Crippen LogP contribution in [0.2, 0.25) is 0 Å². The van der Waals surface area contributed by atoms with E-state index in [4.69, 9.17) is 14.3 Å². The summed E-state index contributed by atoms with van der Waals surface area (Å²) in [6.45, 7) is 1.50. The van der Waals surface area contributed by atoms with Gasteiger partial charge in [-0.25, -0.2) is 4.39 Å². The fourth-order valence-corrected chi connectivity index (χ4v) is 4.67. The number of halogens is 1. The first-order chi connectivity index (χ1) is 19.9. The van der Waals surface area contributed by atoms with Gasteiger partial charge >= 0.3 is 0 Å². The van der Waals surface area contributed by atoms with Gasteiger partial charge in [-0.15, -0.1) is 0 Å². The number of anilines is 1. The molecule has 3 aliphatic rings. The third kappa shape index (κ3) is 4.85. The third-order valence-electron chi connectivity index (χ3n) is 6.22. The maximum Gasteiger partial charge on any atom is 0.255 e. The number of rotatable bonds is 6. The Kier molecular flexibility index (Phi) is 4.77. The number of carbonyl (C=O) groups excluding carboxylic acids is 3. The second-order valence-corrected chi connectivity index (χ2v) is 9.01. The summed E-state index contributed by atoms with van der Waals surface area (Å²) in [5.74, 6) is -4.66. The van der Waals surface area contributed by atoms with E-state index < -0.39 is 55.3 Å². The van der Waals surface area contributed by atoms with Gasteiger partial charge < -0.3 is 15.0 Å². The summed E-state index contributed by atoms with van der Waals surface area (Å²) in [7, 11) is 0. The second kappa shape index (κ2) is 9.99. The van der Waals surface area contributed by atoms with Crippen LogP contribution in [-0.4, -0.2) is 58.8 Å². The standard InChI is InChI=1S/C27H31FN4O4/c1-16-12-31(13-17(2)36-16)14-19-6-3-5-18(25(19)28)11-29-22-8-4-7-20-21(22)15-32(27(20)35)23-9-10-24(33)30-26(23)34/h3-8,16-17,23,29H,9-15H2,1-2H3,(H,30,33,34)/i9D2,10D2,14D2,23D. The summed E-state index contributed by atoms with van der Waals surface area (Å²) >= 11 is 0. The zero-order valence-electron chi connectivity index (χ0n) is 26.9. The van der Waals surface area contributed by atoms with Crippen LogP contribution in [0.5, 0.6) is 0 Å². The molecule has 9 heteroatoms. The normalized spacial score (nSPS) is 32.7. The molecule has 2 aromatic carbocycles. The van der Waals surface area contributed by atoms with Gasteiger partial charge in [0.05, 0.1) is 13.6 Å². The Morgan fingerprint density at radius 2 is 1.89 bits per heavy atom. The van der Waals surface area contributed by atoms with E-state index in [1.165, 1.54) is 24.3 Å². The highest BCUT2D eigenvalue weighted by molar-refractivity contribution is 6.06. The number of ether oxygens (including phenoxy) is 1. The minimum absolute atomic E-state index is 0.0267. The number of morpholine rings is 1. The molecule has 0 saturated carbocycles. The smallest absolute Gasteiger partial charge is 0.255 e. The van der Waals surface area contributed by atoms with Gasteiger partial charge in [0.1, 0.15) is 11.8 Å². The lowest BCUT2D eigenvalue weighted by molar-refractivity contribution is -0.136. The van der Waals surface area contributed by atoms with Crippen molar-refractivity contribution >= 4 is 23.4 Å². The van der Waals surface area contributed by atoms with Crippen molar-refractivity contribution in [1.82, 2.24) is 15.1 Å². The molecule has 2 fully saturated rings. The van der Waals surface area contributed by atoms with E-state index in [1.807, 2.05) is 13.8 Å². The number of nitrogens with zero attached hydrogens (tertiary/aromatic N) is 2. The zero-order valence-corrected chi connectivity index (χ0v) is 19.9. The molecule has 2 aromatic rings. The molecule has 5 rings (SSSR count). The molecule has 3 heterocycles. The topological polar surface area (TPSA) is 91.0 Å². The third-order valence-corrected chi connectivity index (χ3v) is 6.22. The van der Waals surface area contributed by atoms with Crippen LogP contribution >= 0.6 is 0 Å². The Labute approximate surface area is 219 Å². The number of hydrogen-bond acceptors (Lipinski definition) is 6. The molecule has 190 valence electrons. The van der Waals surface area contributed by atoms with Crippen molar-refractivity contribution in [1.29, 1.82) is 0 Å². The molecule has 3 unspecified atom stereocenters. The summed E-state index contributed by atoms with van der Waals surface area (Å²) in [4.78, 5) is 40.3. The van der Waals surface area contributed by atoms with E-state index in [2.05, 4.69) is 5.32 Å². The first-order valence-corrected chi connectivity index (χ1v) is 11.7. The Bertz CT molecular complexity index is 1500. The fraction of sp³-hybridized carbons (Fsp3) is 0.444. The summed E-state index contributed by atoms with van der Waals surface area (Å²) in [6, 6.07) is 5.79. The van der Waals surface area contributed by atoms with Crippen molar-refractivity contribution < 1.29 is 33.1 Å². The van der Waals surface area contributed by atoms with Gasteiger partial charge in [0.25, 0.3) is 5.91 Å². The van der Waals surface area contributed by atoms with Crippen LogP contribution in [0.1, 0.15) is 63.2 Å². The highest BCUT2D eigenvalue weighted by Gasteiger charge is 2.39. The summed E-state index contributed by atoms with van der Waals surface area (Å²) in [5, 5.41) is 4.71. The number of nitrogens with one attached hydrogen (secondary N) is 2. The van der Waals surface area contributed by atoms with Gasteiger partial charge in [0.15, 0.2) is 0 Å². The highest BCUT2D eigenvalue weighted by atomic mass is 19.1. The van der Waals surface area contributed by atoms with E-state index in [9.17, 15) is 14.4 Å². The molecule has 0 aliphatic carbocycles. The molecule has 3 amide bonds. The average molecular weight is 502 g/mol. The van der Waals surface area contributed by atoms with E-state index in [0.29, 0.717) is 10.6 Å². The summed E-state index contributed by atoms with van der Waals surface area (Å²) in [6.07, 6.45) is -7.15. The maximum atomic E-state index is 15.8. The van der Waals surface area contributed by atoms with Gasteiger partial charge in [-0.2, -0.15) is 0 Å². The van der Waals surface area contributed by atoms with E-state index in [0.717, 1.165) is 0 Å². The van der Waals surface area contributed by atoms with Crippen molar-refractivity contribution in [2.24, 2.45) is 0 Å². The van der Waals surface area contributed by atoms with Gasteiger partial charge in [0.2, 0.25) is 11.8 Å². The van der Waals surface area contributed by atoms with E-state index >= 15 is 4.39 Å². The van der Waals surface area contributed by atoms with Crippen LogP contribution in [0.3, 0.4) is 0 Å². The van der Waals surface area contributed by atoms with Crippen molar-refractivity contribution in [3.63, 3.8) is 0 Å². The lowest BCUT2D eigenvalue weighted by Gasteiger charge is -2.35. The molecule has 0 radical (unpaired) electrons. The second-order valence-electron chi connectivity index (χ2n) is 9.01. The van der Waals surface area contributed by atoms with Crippen molar-refractivity contribution in [2.75, 3.05) is 18.4 Å². The van der Waals surface area contributed by atoms with Crippen LogP contribution in [0, 0.1) is 5.82 Å². The predicted molar refractivity (Wildman–Crippen MR) is 131 cm³/mol. The van der Waals surface area contributed by atoms with Crippen molar-refractivity contribution in [3.05, 3.63) is 64.5 Å². The van der Waals surface area contributed by atoms with Gasteiger partial charge in [-0.1, -0.05) is 24.3 Å². The van der Waals surface area contributed by atoms with Gasteiger partial charge in [-0.3, -0.25) is 24.6 Å². The molecule has 8 nitrogen and oxygen atoms in total. The molecule has 0 spiro atoms. The minimum Gasteiger partial charge on any atom is -0.381 e. The monoisotopic (exact) mass is 501 g/mol. The number of fused-ring (bicyclic) bond motifs is 1. The summed E-state index contributed by atoms with van der Waals surface area (Å²) in [5.41, 5.74) is 0.609. The first-order valence-electron chi connectivity index (χ1n) is 15.2. The fourth-order valence-electron chi connectivity index (χ4n) is 4.67. The van der Waals surface area contributed by atoms with Crippen LogP contribution < -0.4 is 10.6 Å². The first kappa shape index (κ1) is 17.2. The Morgan fingerprint density at radius 1 is 1.17 bits per heavy atom. The van der Waals surface area contributed by atoms with Crippen LogP contribution in [0.25, 0.3) is 0 Å². The van der Waals surface area contributed by atoms with Crippen molar-refractivity contribution in [3.8, 4) is 0 Å². The quantitative estimate of drug-likeness (QED) is 0.592. The van der Waals surface area contributed by atoms with E-state index in [1.54, 1.807) is 22.3 Å². The van der Waals surface area contributed by atoms with Crippen molar-refractivity contribution in [2.45, 2.75) is 64.4 Å². The largest absolute Gasteiger partial charge is 0.381 e. The van der Waals surface area contributed by atoms with Gasteiger partial charge in [0, 0.05) is 75.2 Å². The molecular formula is C27H31FN4O4. The maximum absolute atomic E-state index is 15.8. The Hall–Kier alpha value is -3.30. The number of benzene rings is 2. The Balaban J connectivity index is 1.41. The van der Waals surface area contributed by atoms with Crippen LogP contribution in [-0.2, 0) is 33.9 Å². The molecule has 0 bridgehead atoms. The molecule has 0 aromatic heterocycles. The molecular weight excluding hydrogens is 463 g/mol. The number of piperidine rings is 1. The minimum atomic E-state index is -3.40.